The Morgan fingerprint density at radius 1 is 1.26 bits per heavy atom. The number of anilines is 1. The fourth-order valence-corrected chi connectivity index (χ4v) is 5.85. The lowest BCUT2D eigenvalue weighted by Crippen LogP contribution is -2.38. The van der Waals surface area contributed by atoms with Crippen LogP contribution < -0.4 is 5.32 Å². The molecule has 0 bridgehead atoms. The molecule has 0 saturated carbocycles. The molecule has 0 radical (unpaired) electrons. The standard InChI is InChI=1S/C19H22N2O4S2/c1-13-5-4-8-21(11-13)27(24,25)17-10-18(26-12-17)19(23)20-16-7-3-6-15(9-16)14(2)22/h3,6-7,9-10,12-13H,4-5,8,11H2,1-2H3,(H,20,23)/t13-/m0/s1. The van der Waals surface area contributed by atoms with E-state index in [0.717, 1.165) is 24.2 Å². The molecule has 0 aliphatic carbocycles. The number of nitrogens with zero attached hydrogens (tertiary/aromatic N) is 1. The van der Waals surface area contributed by atoms with E-state index in [1.807, 2.05) is 6.92 Å². The maximum atomic E-state index is 12.8. The van der Waals surface area contributed by atoms with Crippen LogP contribution in [0.5, 0.6) is 0 Å². The first-order chi connectivity index (χ1) is 12.8. The molecular formula is C19H22N2O4S2. The summed E-state index contributed by atoms with van der Waals surface area (Å²) in [6, 6.07) is 8.07. The fourth-order valence-electron chi connectivity index (χ4n) is 3.10. The number of hydrogen-bond donors (Lipinski definition) is 1. The highest BCUT2D eigenvalue weighted by molar-refractivity contribution is 7.89. The molecule has 1 aromatic heterocycles. The molecule has 8 heteroatoms. The molecule has 27 heavy (non-hydrogen) atoms. The maximum absolute atomic E-state index is 12.8. The van der Waals surface area contributed by atoms with Crippen LogP contribution in [0.4, 0.5) is 5.69 Å². The van der Waals surface area contributed by atoms with Gasteiger partial charge in [-0.25, -0.2) is 8.42 Å². The van der Waals surface area contributed by atoms with Gasteiger partial charge in [-0.3, -0.25) is 9.59 Å². The Labute approximate surface area is 163 Å². The molecular weight excluding hydrogens is 384 g/mol. The molecule has 1 aromatic carbocycles. The molecule has 1 amide bonds. The minimum atomic E-state index is -3.58. The summed E-state index contributed by atoms with van der Waals surface area (Å²) in [5.41, 5.74) is 0.997. The van der Waals surface area contributed by atoms with E-state index in [1.54, 1.807) is 24.3 Å². The summed E-state index contributed by atoms with van der Waals surface area (Å²) < 4.78 is 27.1. The predicted octanol–water partition coefficient (Wildman–Crippen LogP) is 3.62. The Morgan fingerprint density at radius 3 is 2.74 bits per heavy atom. The van der Waals surface area contributed by atoms with E-state index in [4.69, 9.17) is 0 Å². The third-order valence-corrected chi connectivity index (χ3v) is 7.50. The summed E-state index contributed by atoms with van der Waals surface area (Å²) in [4.78, 5) is 24.4. The van der Waals surface area contributed by atoms with Gasteiger partial charge in [-0.05, 0) is 43.9 Å². The van der Waals surface area contributed by atoms with E-state index >= 15 is 0 Å². The monoisotopic (exact) mass is 406 g/mol. The highest BCUT2D eigenvalue weighted by Gasteiger charge is 2.30. The summed E-state index contributed by atoms with van der Waals surface area (Å²) in [5, 5.41) is 4.23. The van der Waals surface area contributed by atoms with E-state index in [2.05, 4.69) is 5.32 Å². The average molecular weight is 407 g/mol. The molecule has 0 spiro atoms. The number of amides is 1. The average Bonchev–Trinajstić information content (AvgIpc) is 3.13. The number of piperidine rings is 1. The van der Waals surface area contributed by atoms with Crippen molar-refractivity contribution in [3.8, 4) is 0 Å². The van der Waals surface area contributed by atoms with Crippen LogP contribution in [-0.2, 0) is 10.0 Å². The summed E-state index contributed by atoms with van der Waals surface area (Å²) in [5.74, 6) is -0.149. The number of carbonyl (C=O) groups excluding carboxylic acids is 2. The Balaban J connectivity index is 1.76. The van der Waals surface area contributed by atoms with Gasteiger partial charge in [-0.15, -0.1) is 11.3 Å². The Kier molecular flexibility index (Phi) is 5.78. The van der Waals surface area contributed by atoms with Crippen molar-refractivity contribution in [2.24, 2.45) is 5.92 Å². The smallest absolute Gasteiger partial charge is 0.265 e. The molecule has 144 valence electrons. The maximum Gasteiger partial charge on any atom is 0.265 e. The van der Waals surface area contributed by atoms with Gasteiger partial charge < -0.3 is 5.32 Å². The highest BCUT2D eigenvalue weighted by atomic mass is 32.2. The third kappa shape index (κ3) is 4.45. The van der Waals surface area contributed by atoms with Crippen molar-refractivity contribution in [2.75, 3.05) is 18.4 Å². The van der Waals surface area contributed by atoms with Gasteiger partial charge in [0.1, 0.15) is 0 Å². The Bertz CT molecular complexity index is 966. The topological polar surface area (TPSA) is 83.5 Å². The first-order valence-corrected chi connectivity index (χ1v) is 11.1. The van der Waals surface area contributed by atoms with Crippen LogP contribution in [0.2, 0.25) is 0 Å². The molecule has 2 aromatic rings. The summed E-state index contributed by atoms with van der Waals surface area (Å²) >= 11 is 1.09. The van der Waals surface area contributed by atoms with E-state index in [-0.39, 0.29) is 10.7 Å². The van der Waals surface area contributed by atoms with Gasteiger partial charge in [0, 0.05) is 29.7 Å². The molecule has 1 atom stereocenters. The summed E-state index contributed by atoms with van der Waals surface area (Å²) in [6.45, 7) is 4.53. The quantitative estimate of drug-likeness (QED) is 0.769. The first kappa shape index (κ1) is 19.7. The van der Waals surface area contributed by atoms with E-state index in [9.17, 15) is 18.0 Å². The lowest BCUT2D eigenvalue weighted by Gasteiger charge is -2.29. The van der Waals surface area contributed by atoms with Crippen molar-refractivity contribution in [3.63, 3.8) is 0 Å². The minimum Gasteiger partial charge on any atom is -0.321 e. The largest absolute Gasteiger partial charge is 0.321 e. The van der Waals surface area contributed by atoms with Crippen LogP contribution in [0.15, 0.2) is 40.6 Å². The van der Waals surface area contributed by atoms with Crippen molar-refractivity contribution in [1.82, 2.24) is 4.31 Å². The molecule has 1 N–H and O–H groups in total. The van der Waals surface area contributed by atoms with E-state index in [0.29, 0.717) is 35.1 Å². The van der Waals surface area contributed by atoms with Crippen molar-refractivity contribution >= 4 is 38.7 Å². The molecule has 0 unspecified atom stereocenters. The third-order valence-electron chi connectivity index (χ3n) is 4.58. The second-order valence-electron chi connectivity index (χ2n) is 6.85. The predicted molar refractivity (Wildman–Crippen MR) is 106 cm³/mol. The van der Waals surface area contributed by atoms with Gasteiger partial charge in [0.25, 0.3) is 5.91 Å². The lowest BCUT2D eigenvalue weighted by atomic mass is 10.0. The first-order valence-electron chi connectivity index (χ1n) is 8.78. The fraction of sp³-hybridized carbons (Fsp3) is 0.368. The van der Waals surface area contributed by atoms with Gasteiger partial charge in [0.2, 0.25) is 10.0 Å². The van der Waals surface area contributed by atoms with E-state index < -0.39 is 15.9 Å². The number of thiophene rings is 1. The number of ketones is 1. The van der Waals surface area contributed by atoms with Crippen LogP contribution in [0.25, 0.3) is 0 Å². The number of sulfonamides is 1. The number of benzene rings is 1. The van der Waals surface area contributed by atoms with Crippen LogP contribution >= 0.6 is 11.3 Å². The second kappa shape index (κ2) is 7.92. The van der Waals surface area contributed by atoms with Gasteiger partial charge in [0.15, 0.2) is 5.78 Å². The molecule has 2 heterocycles. The molecule has 6 nitrogen and oxygen atoms in total. The highest BCUT2D eigenvalue weighted by Crippen LogP contribution is 2.27. The van der Waals surface area contributed by atoms with Crippen LogP contribution in [0, 0.1) is 5.92 Å². The molecule has 3 rings (SSSR count). The zero-order valence-electron chi connectivity index (χ0n) is 15.3. The summed E-state index contributed by atoms with van der Waals surface area (Å²) in [7, 11) is -3.58. The number of carbonyl (C=O) groups is 2. The van der Waals surface area contributed by atoms with Gasteiger partial charge in [-0.1, -0.05) is 19.1 Å². The van der Waals surface area contributed by atoms with Crippen molar-refractivity contribution in [1.29, 1.82) is 0 Å². The lowest BCUT2D eigenvalue weighted by molar-refractivity contribution is 0.101. The zero-order chi connectivity index (χ0) is 19.6. The van der Waals surface area contributed by atoms with Crippen LogP contribution in [0.1, 0.15) is 46.7 Å². The van der Waals surface area contributed by atoms with Gasteiger partial charge in [0.05, 0.1) is 9.77 Å². The van der Waals surface area contributed by atoms with Crippen molar-refractivity contribution in [3.05, 3.63) is 46.2 Å². The molecule has 1 saturated heterocycles. The van der Waals surface area contributed by atoms with Gasteiger partial charge in [-0.2, -0.15) is 4.31 Å². The molecule has 1 aliphatic rings. The van der Waals surface area contributed by atoms with Gasteiger partial charge >= 0.3 is 0 Å². The number of rotatable bonds is 5. The van der Waals surface area contributed by atoms with Crippen LogP contribution in [-0.4, -0.2) is 37.5 Å². The van der Waals surface area contributed by atoms with Crippen molar-refractivity contribution < 1.29 is 18.0 Å². The normalized spacial score (nSPS) is 18.2. The second-order valence-corrected chi connectivity index (χ2v) is 9.70. The molecule has 1 aliphatic heterocycles. The minimum absolute atomic E-state index is 0.0913. The SMILES string of the molecule is CC(=O)c1cccc(NC(=O)c2cc(S(=O)(=O)N3CCC[C@H](C)C3)cs2)c1. The Hall–Kier alpha value is -2.03. The van der Waals surface area contributed by atoms with E-state index in [1.165, 1.54) is 22.7 Å². The zero-order valence-corrected chi connectivity index (χ0v) is 16.9. The Morgan fingerprint density at radius 2 is 2.04 bits per heavy atom. The van der Waals surface area contributed by atoms with Crippen LogP contribution in [0.3, 0.4) is 0 Å². The number of nitrogens with one attached hydrogen (secondary N) is 1. The molecule has 1 fully saturated rings. The number of Topliss-reactive ketones (excluding diaryl/α,β-unsaturated/α-hetero) is 1. The van der Waals surface area contributed by atoms with Crippen molar-refractivity contribution in [2.45, 2.75) is 31.6 Å². The summed E-state index contributed by atoms with van der Waals surface area (Å²) in [6.07, 6.45) is 1.88. The number of hydrogen-bond acceptors (Lipinski definition) is 5.